The highest BCUT2D eigenvalue weighted by Crippen LogP contribution is 2.25. The first kappa shape index (κ1) is 9.91. The van der Waals surface area contributed by atoms with Crippen LogP contribution in [0.25, 0.3) is 10.4 Å². The Morgan fingerprint density at radius 3 is 3.13 bits per heavy atom. The molecule has 2 aromatic heterocycles. The van der Waals surface area contributed by atoms with Crippen molar-refractivity contribution in [1.29, 1.82) is 0 Å². The van der Waals surface area contributed by atoms with Crippen molar-refractivity contribution >= 4 is 11.3 Å². The molecule has 2 heterocycles. The van der Waals surface area contributed by atoms with Gasteiger partial charge in [-0.2, -0.15) is 0 Å². The number of pyridine rings is 1. The lowest BCUT2D eigenvalue weighted by Crippen LogP contribution is -1.74. The first-order valence-electron chi connectivity index (χ1n) is 4.49. The molecule has 15 heavy (non-hydrogen) atoms. The Morgan fingerprint density at radius 1 is 1.47 bits per heavy atom. The van der Waals surface area contributed by atoms with Crippen molar-refractivity contribution in [3.8, 4) is 22.3 Å². The number of hydrogen-bond acceptors (Lipinski definition) is 3. The quantitative estimate of drug-likeness (QED) is 0.739. The third-order valence-electron chi connectivity index (χ3n) is 1.86. The summed E-state index contributed by atoms with van der Waals surface area (Å²) in [5, 5.41) is 10.5. The SMILES string of the molecule is OCC#Cc1csc(-c2cccnc2)c1. The molecule has 0 aliphatic carbocycles. The molecule has 2 rings (SSSR count). The van der Waals surface area contributed by atoms with E-state index in [1.54, 1.807) is 17.5 Å². The van der Waals surface area contributed by atoms with Gasteiger partial charge in [0.1, 0.15) is 6.61 Å². The minimum Gasteiger partial charge on any atom is -0.384 e. The number of aliphatic hydroxyl groups excluding tert-OH is 1. The van der Waals surface area contributed by atoms with E-state index in [2.05, 4.69) is 16.8 Å². The van der Waals surface area contributed by atoms with Crippen LogP contribution in [0.2, 0.25) is 0 Å². The minimum absolute atomic E-state index is 0.0991. The fraction of sp³-hybridized carbons (Fsp3) is 0.0833. The van der Waals surface area contributed by atoms with Crippen molar-refractivity contribution < 1.29 is 5.11 Å². The van der Waals surface area contributed by atoms with Crippen LogP contribution < -0.4 is 0 Å². The predicted octanol–water partition coefficient (Wildman–Crippen LogP) is 2.15. The summed E-state index contributed by atoms with van der Waals surface area (Å²) in [6.07, 6.45) is 3.58. The molecule has 0 radical (unpaired) electrons. The van der Waals surface area contributed by atoms with Crippen LogP contribution in [0.1, 0.15) is 5.56 Å². The number of aromatic nitrogens is 1. The molecule has 0 bridgehead atoms. The minimum atomic E-state index is -0.0991. The van der Waals surface area contributed by atoms with Gasteiger partial charge in [-0.1, -0.05) is 17.9 Å². The highest BCUT2D eigenvalue weighted by molar-refractivity contribution is 7.13. The molecule has 0 aliphatic rings. The Balaban J connectivity index is 2.28. The van der Waals surface area contributed by atoms with Gasteiger partial charge in [0.25, 0.3) is 0 Å². The van der Waals surface area contributed by atoms with Crippen LogP contribution in [-0.2, 0) is 0 Å². The Bertz CT molecular complexity index is 493. The maximum Gasteiger partial charge on any atom is 0.104 e. The molecule has 0 saturated carbocycles. The third kappa shape index (κ3) is 2.44. The molecule has 0 atom stereocenters. The van der Waals surface area contributed by atoms with Gasteiger partial charge in [-0.05, 0) is 12.1 Å². The lowest BCUT2D eigenvalue weighted by molar-refractivity contribution is 0.350. The highest BCUT2D eigenvalue weighted by atomic mass is 32.1. The second-order valence-corrected chi connectivity index (χ2v) is 3.81. The van der Waals surface area contributed by atoms with Crippen LogP contribution in [0.15, 0.2) is 36.0 Å². The first-order valence-corrected chi connectivity index (χ1v) is 5.37. The topological polar surface area (TPSA) is 33.1 Å². The van der Waals surface area contributed by atoms with E-state index in [-0.39, 0.29) is 6.61 Å². The van der Waals surface area contributed by atoms with E-state index in [0.717, 1.165) is 16.0 Å². The first-order chi connectivity index (χ1) is 7.40. The molecule has 0 fully saturated rings. The standard InChI is InChI=1S/C12H9NOS/c14-6-2-3-10-7-12(15-9-10)11-4-1-5-13-8-11/h1,4-5,7-9,14H,6H2. The summed E-state index contributed by atoms with van der Waals surface area (Å²) in [7, 11) is 0. The van der Waals surface area contributed by atoms with Gasteiger partial charge in [-0.3, -0.25) is 4.98 Å². The Kier molecular flexibility index (Phi) is 3.13. The maximum absolute atomic E-state index is 8.57. The van der Waals surface area contributed by atoms with Gasteiger partial charge in [0.05, 0.1) is 0 Å². The van der Waals surface area contributed by atoms with Crippen LogP contribution in [0.4, 0.5) is 0 Å². The zero-order valence-corrected chi connectivity index (χ0v) is 8.79. The zero-order valence-electron chi connectivity index (χ0n) is 7.97. The highest BCUT2D eigenvalue weighted by Gasteiger charge is 2.00. The van der Waals surface area contributed by atoms with Gasteiger partial charge >= 0.3 is 0 Å². The summed E-state index contributed by atoms with van der Waals surface area (Å²) in [5.74, 6) is 5.50. The van der Waals surface area contributed by atoms with Gasteiger partial charge in [-0.25, -0.2) is 0 Å². The molecule has 0 aromatic carbocycles. The van der Waals surface area contributed by atoms with Crippen molar-refractivity contribution in [3.05, 3.63) is 41.5 Å². The monoisotopic (exact) mass is 215 g/mol. The van der Waals surface area contributed by atoms with Gasteiger partial charge < -0.3 is 5.11 Å². The molecule has 2 aromatic rings. The van der Waals surface area contributed by atoms with Crippen molar-refractivity contribution in [3.63, 3.8) is 0 Å². The number of aliphatic hydroxyl groups is 1. The fourth-order valence-electron chi connectivity index (χ4n) is 1.20. The lowest BCUT2D eigenvalue weighted by Gasteiger charge is -1.92. The third-order valence-corrected chi connectivity index (χ3v) is 2.84. The average molecular weight is 215 g/mol. The van der Waals surface area contributed by atoms with E-state index in [1.807, 2.05) is 29.8 Å². The second kappa shape index (κ2) is 4.74. The summed E-state index contributed by atoms with van der Waals surface area (Å²) in [4.78, 5) is 5.21. The van der Waals surface area contributed by atoms with Crippen molar-refractivity contribution in [2.24, 2.45) is 0 Å². The summed E-state index contributed by atoms with van der Waals surface area (Å²) in [5.41, 5.74) is 2.03. The molecule has 1 N–H and O–H groups in total. The summed E-state index contributed by atoms with van der Waals surface area (Å²) in [6.45, 7) is -0.0991. The molecule has 0 unspecified atom stereocenters. The molecular formula is C12H9NOS. The van der Waals surface area contributed by atoms with Crippen LogP contribution in [0, 0.1) is 11.8 Å². The Labute approximate surface area is 92.2 Å². The van der Waals surface area contributed by atoms with E-state index in [4.69, 9.17) is 5.11 Å². The molecule has 0 amide bonds. The average Bonchev–Trinajstić information content (AvgIpc) is 2.76. The zero-order chi connectivity index (χ0) is 10.5. The smallest absolute Gasteiger partial charge is 0.104 e. The largest absolute Gasteiger partial charge is 0.384 e. The summed E-state index contributed by atoms with van der Waals surface area (Å²) in [6, 6.07) is 5.93. The van der Waals surface area contributed by atoms with Gasteiger partial charge in [-0.15, -0.1) is 11.3 Å². The van der Waals surface area contributed by atoms with Gasteiger partial charge in [0.2, 0.25) is 0 Å². The maximum atomic E-state index is 8.57. The van der Waals surface area contributed by atoms with E-state index in [1.165, 1.54) is 0 Å². The van der Waals surface area contributed by atoms with Crippen LogP contribution in [-0.4, -0.2) is 16.7 Å². The van der Waals surface area contributed by atoms with E-state index >= 15 is 0 Å². The van der Waals surface area contributed by atoms with Crippen molar-refractivity contribution in [2.45, 2.75) is 0 Å². The summed E-state index contributed by atoms with van der Waals surface area (Å²) >= 11 is 1.63. The lowest BCUT2D eigenvalue weighted by atomic mass is 10.2. The number of hydrogen-bond donors (Lipinski definition) is 1. The van der Waals surface area contributed by atoms with Gasteiger partial charge in [0.15, 0.2) is 0 Å². The fourth-order valence-corrected chi connectivity index (χ4v) is 2.04. The van der Waals surface area contributed by atoms with E-state index in [0.29, 0.717) is 0 Å². The molecule has 2 nitrogen and oxygen atoms in total. The predicted molar refractivity (Wildman–Crippen MR) is 61.5 cm³/mol. The normalized spacial score (nSPS) is 9.40. The van der Waals surface area contributed by atoms with Crippen LogP contribution in [0.3, 0.4) is 0 Å². The molecule has 74 valence electrons. The number of rotatable bonds is 1. The van der Waals surface area contributed by atoms with Crippen LogP contribution in [0.5, 0.6) is 0 Å². The van der Waals surface area contributed by atoms with Gasteiger partial charge in [0, 0.05) is 33.8 Å². The van der Waals surface area contributed by atoms with Crippen LogP contribution >= 0.6 is 11.3 Å². The van der Waals surface area contributed by atoms with Crippen molar-refractivity contribution in [2.75, 3.05) is 6.61 Å². The van der Waals surface area contributed by atoms with E-state index < -0.39 is 0 Å². The molecule has 0 aliphatic heterocycles. The summed E-state index contributed by atoms with van der Waals surface area (Å²) < 4.78 is 0. The number of nitrogens with zero attached hydrogens (tertiary/aromatic N) is 1. The Morgan fingerprint density at radius 2 is 2.40 bits per heavy atom. The molecule has 0 spiro atoms. The van der Waals surface area contributed by atoms with E-state index in [9.17, 15) is 0 Å². The number of thiophene rings is 1. The molecule has 3 heteroatoms. The Hall–Kier alpha value is -1.63. The molecular weight excluding hydrogens is 206 g/mol. The van der Waals surface area contributed by atoms with Crippen molar-refractivity contribution in [1.82, 2.24) is 4.98 Å². The molecule has 0 saturated heterocycles. The second-order valence-electron chi connectivity index (χ2n) is 2.90.